The van der Waals surface area contributed by atoms with Crippen LogP contribution in [-0.2, 0) is 4.79 Å². The molecule has 0 aliphatic carbocycles. The SMILES string of the molecule is COc1ccccc1/C=C1/SC(N2N=C(c3ccc(Br)cc3)CC2c2ccc(Cl)cc2)=NC1=O. The van der Waals surface area contributed by atoms with E-state index in [9.17, 15) is 4.79 Å². The molecule has 3 aromatic rings. The van der Waals surface area contributed by atoms with E-state index in [1.54, 1.807) is 7.11 Å². The van der Waals surface area contributed by atoms with E-state index >= 15 is 0 Å². The molecule has 0 saturated carbocycles. The maximum Gasteiger partial charge on any atom is 0.286 e. The molecule has 0 N–H and O–H groups in total. The van der Waals surface area contributed by atoms with E-state index in [0.717, 1.165) is 26.9 Å². The molecule has 8 heteroatoms. The van der Waals surface area contributed by atoms with Crippen molar-refractivity contribution < 1.29 is 9.53 Å². The second kappa shape index (κ2) is 9.78. The molecule has 1 amide bonds. The van der Waals surface area contributed by atoms with Crippen molar-refractivity contribution in [2.75, 3.05) is 7.11 Å². The molecule has 5 nitrogen and oxygen atoms in total. The second-order valence-electron chi connectivity index (χ2n) is 7.72. The molecule has 2 heterocycles. The summed E-state index contributed by atoms with van der Waals surface area (Å²) in [4.78, 5) is 17.7. The van der Waals surface area contributed by atoms with Crippen molar-refractivity contribution in [1.29, 1.82) is 0 Å². The third-order valence-corrected chi connectivity index (χ3v) is 7.33. The van der Waals surface area contributed by atoms with Gasteiger partial charge in [-0.1, -0.05) is 70.0 Å². The number of para-hydroxylation sites is 1. The first kappa shape index (κ1) is 22.9. The number of amidine groups is 1. The van der Waals surface area contributed by atoms with Gasteiger partial charge >= 0.3 is 0 Å². The molecule has 1 atom stereocenters. The standard InChI is InChI=1S/C26H19BrClN3O2S/c1-33-23-5-3-2-4-18(23)14-24-25(32)29-26(34-24)31-22(17-8-12-20(28)13-9-17)15-21(30-31)16-6-10-19(27)11-7-16/h2-14,22H,15H2,1H3/b24-14+. The number of carbonyl (C=O) groups is 1. The summed E-state index contributed by atoms with van der Waals surface area (Å²) in [6.07, 6.45) is 2.50. The Morgan fingerprint density at radius 2 is 1.82 bits per heavy atom. The van der Waals surface area contributed by atoms with Gasteiger partial charge in [-0.05, 0) is 59.3 Å². The van der Waals surface area contributed by atoms with E-state index in [4.69, 9.17) is 21.4 Å². The molecule has 3 aromatic carbocycles. The maximum absolute atomic E-state index is 12.8. The molecule has 170 valence electrons. The van der Waals surface area contributed by atoms with Gasteiger partial charge in [-0.3, -0.25) is 4.79 Å². The summed E-state index contributed by atoms with van der Waals surface area (Å²) in [6.45, 7) is 0. The fourth-order valence-corrected chi connectivity index (χ4v) is 5.17. The Hall–Kier alpha value is -2.87. The van der Waals surface area contributed by atoms with Crippen molar-refractivity contribution >= 4 is 62.2 Å². The summed E-state index contributed by atoms with van der Waals surface area (Å²) in [7, 11) is 1.61. The number of nitrogens with zero attached hydrogens (tertiary/aromatic N) is 3. The van der Waals surface area contributed by atoms with Crippen molar-refractivity contribution in [2.24, 2.45) is 10.1 Å². The van der Waals surface area contributed by atoms with Gasteiger partial charge < -0.3 is 4.74 Å². The Morgan fingerprint density at radius 1 is 1.09 bits per heavy atom. The van der Waals surface area contributed by atoms with Crippen molar-refractivity contribution in [3.05, 3.63) is 104 Å². The average Bonchev–Trinajstić information content (AvgIpc) is 3.44. The number of ether oxygens (including phenoxy) is 1. The van der Waals surface area contributed by atoms with E-state index in [1.165, 1.54) is 11.8 Å². The van der Waals surface area contributed by atoms with Gasteiger partial charge in [-0.2, -0.15) is 10.1 Å². The summed E-state index contributed by atoms with van der Waals surface area (Å²) >= 11 is 10.9. The number of thioether (sulfide) groups is 1. The van der Waals surface area contributed by atoms with Crippen LogP contribution < -0.4 is 4.74 Å². The maximum atomic E-state index is 12.8. The lowest BCUT2D eigenvalue weighted by molar-refractivity contribution is -0.113. The van der Waals surface area contributed by atoms with E-state index in [1.807, 2.05) is 83.9 Å². The number of halogens is 2. The Kier molecular flexibility index (Phi) is 6.59. The third-order valence-electron chi connectivity index (χ3n) is 5.57. The number of carbonyl (C=O) groups excluding carboxylic acids is 1. The summed E-state index contributed by atoms with van der Waals surface area (Å²) in [6, 6.07) is 23.3. The molecule has 0 radical (unpaired) electrons. The first-order chi connectivity index (χ1) is 16.5. The number of hydrogen-bond donors (Lipinski definition) is 0. The quantitative estimate of drug-likeness (QED) is 0.329. The lowest BCUT2D eigenvalue weighted by Crippen LogP contribution is -2.23. The monoisotopic (exact) mass is 551 g/mol. The van der Waals surface area contributed by atoms with Gasteiger partial charge in [0.25, 0.3) is 5.91 Å². The molecule has 5 rings (SSSR count). The van der Waals surface area contributed by atoms with Gasteiger partial charge in [0, 0.05) is 21.5 Å². The number of methoxy groups -OCH3 is 1. The molecule has 34 heavy (non-hydrogen) atoms. The molecule has 2 aliphatic heterocycles. The largest absolute Gasteiger partial charge is 0.496 e. The van der Waals surface area contributed by atoms with Crippen LogP contribution in [0.25, 0.3) is 6.08 Å². The van der Waals surface area contributed by atoms with Crippen LogP contribution in [0.2, 0.25) is 5.02 Å². The number of hydrazone groups is 1. The van der Waals surface area contributed by atoms with Gasteiger partial charge in [0.15, 0.2) is 5.17 Å². The van der Waals surface area contributed by atoms with Crippen LogP contribution in [0.15, 0.2) is 92.3 Å². The van der Waals surface area contributed by atoms with Crippen molar-refractivity contribution in [2.45, 2.75) is 12.5 Å². The Bertz CT molecular complexity index is 1340. The normalized spacial score (nSPS) is 18.9. The van der Waals surface area contributed by atoms with Crippen LogP contribution in [0.5, 0.6) is 5.75 Å². The number of rotatable bonds is 4. The number of hydrogen-bond acceptors (Lipinski definition) is 5. The predicted molar refractivity (Wildman–Crippen MR) is 142 cm³/mol. The molecule has 1 unspecified atom stereocenters. The molecule has 0 saturated heterocycles. The van der Waals surface area contributed by atoms with Crippen LogP contribution in [0, 0.1) is 0 Å². The van der Waals surface area contributed by atoms with Crippen molar-refractivity contribution in [1.82, 2.24) is 5.01 Å². The van der Waals surface area contributed by atoms with Crippen molar-refractivity contribution in [3.63, 3.8) is 0 Å². The van der Waals surface area contributed by atoms with Crippen LogP contribution in [0.4, 0.5) is 0 Å². The Labute approximate surface area is 215 Å². The Balaban J connectivity index is 1.49. The van der Waals surface area contributed by atoms with Gasteiger partial charge in [0.2, 0.25) is 0 Å². The minimum absolute atomic E-state index is 0.0967. The average molecular weight is 553 g/mol. The predicted octanol–water partition coefficient (Wildman–Crippen LogP) is 6.93. The highest BCUT2D eigenvalue weighted by Crippen LogP contribution is 2.40. The summed E-state index contributed by atoms with van der Waals surface area (Å²) in [5.41, 5.74) is 3.85. The van der Waals surface area contributed by atoms with Gasteiger partial charge in [-0.25, -0.2) is 5.01 Å². The van der Waals surface area contributed by atoms with E-state index in [0.29, 0.717) is 27.3 Å². The second-order valence-corrected chi connectivity index (χ2v) is 10.1. The third kappa shape index (κ3) is 4.69. The lowest BCUT2D eigenvalue weighted by atomic mass is 9.99. The molecule has 0 bridgehead atoms. The zero-order valence-electron chi connectivity index (χ0n) is 18.1. The Morgan fingerprint density at radius 3 is 2.56 bits per heavy atom. The van der Waals surface area contributed by atoms with Crippen LogP contribution in [-0.4, -0.2) is 28.9 Å². The zero-order chi connectivity index (χ0) is 23.7. The summed E-state index contributed by atoms with van der Waals surface area (Å²) in [5, 5.41) is 7.99. The smallest absolute Gasteiger partial charge is 0.286 e. The molecule has 2 aliphatic rings. The van der Waals surface area contributed by atoms with Crippen molar-refractivity contribution in [3.8, 4) is 5.75 Å². The van der Waals surface area contributed by atoms with Gasteiger partial charge in [-0.15, -0.1) is 0 Å². The van der Waals surface area contributed by atoms with Crippen LogP contribution in [0.3, 0.4) is 0 Å². The fraction of sp³-hybridized carbons (Fsp3) is 0.115. The topological polar surface area (TPSA) is 54.3 Å². The molecule has 0 spiro atoms. The fourth-order valence-electron chi connectivity index (χ4n) is 3.87. The number of amides is 1. The molecular formula is C26H19BrClN3O2S. The minimum atomic E-state index is -0.284. The highest BCUT2D eigenvalue weighted by Gasteiger charge is 2.36. The first-order valence-corrected chi connectivity index (χ1v) is 12.5. The van der Waals surface area contributed by atoms with Gasteiger partial charge in [0.1, 0.15) is 5.75 Å². The van der Waals surface area contributed by atoms with Crippen LogP contribution in [0.1, 0.15) is 29.2 Å². The first-order valence-electron chi connectivity index (χ1n) is 10.6. The summed E-state index contributed by atoms with van der Waals surface area (Å²) in [5.74, 6) is 0.417. The van der Waals surface area contributed by atoms with E-state index in [-0.39, 0.29) is 11.9 Å². The molecule has 0 fully saturated rings. The number of aliphatic imine (C=N–C) groups is 1. The number of benzene rings is 3. The highest BCUT2D eigenvalue weighted by atomic mass is 79.9. The van der Waals surface area contributed by atoms with Gasteiger partial charge in [0.05, 0.1) is 23.8 Å². The summed E-state index contributed by atoms with van der Waals surface area (Å²) < 4.78 is 6.43. The van der Waals surface area contributed by atoms with E-state index in [2.05, 4.69) is 20.9 Å². The molecular weight excluding hydrogens is 534 g/mol. The van der Waals surface area contributed by atoms with Crippen LogP contribution >= 0.6 is 39.3 Å². The molecule has 0 aromatic heterocycles. The van der Waals surface area contributed by atoms with E-state index < -0.39 is 0 Å². The minimum Gasteiger partial charge on any atom is -0.496 e. The lowest BCUT2D eigenvalue weighted by Gasteiger charge is -2.22. The zero-order valence-corrected chi connectivity index (χ0v) is 21.3. The highest BCUT2D eigenvalue weighted by molar-refractivity contribution is 9.10.